The van der Waals surface area contributed by atoms with Crippen molar-refractivity contribution in [1.82, 2.24) is 9.13 Å². The van der Waals surface area contributed by atoms with Gasteiger partial charge in [0.2, 0.25) is 0 Å². The minimum Gasteiger partial charge on any atom is -0.378 e. The molecule has 4 heteroatoms. The predicted octanol–water partition coefficient (Wildman–Crippen LogP) is 5.56. The van der Waals surface area contributed by atoms with Crippen molar-refractivity contribution in [1.29, 1.82) is 0 Å². The van der Waals surface area contributed by atoms with E-state index in [1.165, 1.54) is 36.3 Å². The van der Waals surface area contributed by atoms with Crippen molar-refractivity contribution < 1.29 is 0 Å². The van der Waals surface area contributed by atoms with Gasteiger partial charge in [-0.3, -0.25) is 0 Å². The summed E-state index contributed by atoms with van der Waals surface area (Å²) < 4.78 is 5.17. The van der Waals surface area contributed by atoms with Crippen LogP contribution < -0.4 is 0 Å². The lowest BCUT2D eigenvalue weighted by Crippen LogP contribution is -2.51. The Balaban J connectivity index is 2.92. The van der Waals surface area contributed by atoms with Crippen LogP contribution in [0.4, 0.5) is 0 Å². The van der Waals surface area contributed by atoms with E-state index in [-0.39, 0.29) is 0 Å². The Morgan fingerprint density at radius 3 is 0.850 bits per heavy atom. The predicted molar refractivity (Wildman–Crippen MR) is 96.4 cm³/mol. The Bertz CT molecular complexity index is 282. The van der Waals surface area contributed by atoms with Gasteiger partial charge in [0.1, 0.15) is 0 Å². The average molecular weight is 311 g/mol. The molecule has 0 atom stereocenters. The van der Waals surface area contributed by atoms with Crippen LogP contribution in [0, 0.1) is 0 Å². The summed E-state index contributed by atoms with van der Waals surface area (Å²) in [6.45, 7) is 14.2. The number of hydrogen-bond donors (Lipinski definition) is 0. The smallest absolute Gasteiger partial charge is 0.160 e. The summed E-state index contributed by atoms with van der Waals surface area (Å²) >= 11 is 0. The summed E-state index contributed by atoms with van der Waals surface area (Å²) in [5, 5.41) is 0. The highest BCUT2D eigenvalue weighted by atomic mass is 28.3. The maximum Gasteiger partial charge on any atom is 0.160 e. The molecule has 0 spiro atoms. The number of hydrogen-bond acceptors (Lipinski definition) is 2. The minimum absolute atomic E-state index is 1.29. The highest BCUT2D eigenvalue weighted by molar-refractivity contribution is 6.78. The Morgan fingerprint density at radius 1 is 0.500 bits per heavy atom. The van der Waals surface area contributed by atoms with Crippen LogP contribution in [-0.4, -0.2) is 25.6 Å². The van der Waals surface area contributed by atoms with E-state index in [1.807, 2.05) is 0 Å². The molecule has 0 fully saturated rings. The molecule has 1 rings (SSSR count). The lowest BCUT2D eigenvalue weighted by molar-refractivity contribution is 0.615. The molecule has 0 aromatic heterocycles. The fourth-order valence-electron chi connectivity index (χ4n) is 3.61. The van der Waals surface area contributed by atoms with Crippen LogP contribution in [0.15, 0.2) is 24.8 Å². The van der Waals surface area contributed by atoms with Gasteiger partial charge in [-0.25, -0.2) is 0 Å². The van der Waals surface area contributed by atoms with Gasteiger partial charge in [-0.05, 0) is 36.3 Å². The lowest BCUT2D eigenvalue weighted by atomic mass is 10.7. The Labute approximate surface area is 128 Å². The van der Waals surface area contributed by atoms with Crippen LogP contribution in [0.3, 0.4) is 0 Å². The third kappa shape index (κ3) is 3.06. The molecule has 2 nitrogen and oxygen atoms in total. The molecular formula is C16H34N2Si2. The molecule has 20 heavy (non-hydrogen) atoms. The first-order valence-corrected chi connectivity index (χ1v) is 13.6. The van der Waals surface area contributed by atoms with Gasteiger partial charge in [-0.1, -0.05) is 41.5 Å². The van der Waals surface area contributed by atoms with Gasteiger partial charge in [0, 0.05) is 24.8 Å². The summed E-state index contributed by atoms with van der Waals surface area (Å²) in [5.74, 6) is 0. The standard InChI is InChI=1S/C16H34N2Si2/c1-7-19(8-2,9-3)17-13-15-18(16-14-17)20(10-4,11-5)12-6/h13-16H,7-12H2,1-6H3. The Kier molecular flexibility index (Phi) is 6.59. The lowest BCUT2D eigenvalue weighted by Gasteiger charge is -2.44. The molecule has 0 aliphatic carbocycles. The van der Waals surface area contributed by atoms with E-state index in [2.05, 4.69) is 75.5 Å². The number of nitrogens with zero attached hydrogens (tertiary/aromatic N) is 2. The topological polar surface area (TPSA) is 6.48 Å². The van der Waals surface area contributed by atoms with E-state index < -0.39 is 16.5 Å². The molecule has 0 aromatic carbocycles. The number of rotatable bonds is 8. The van der Waals surface area contributed by atoms with Gasteiger partial charge in [0.15, 0.2) is 16.5 Å². The van der Waals surface area contributed by atoms with Crippen LogP contribution in [0.2, 0.25) is 36.3 Å². The van der Waals surface area contributed by atoms with E-state index in [1.54, 1.807) is 0 Å². The van der Waals surface area contributed by atoms with Crippen molar-refractivity contribution in [3.05, 3.63) is 24.8 Å². The summed E-state index contributed by atoms with van der Waals surface area (Å²) in [4.78, 5) is 0. The molecule has 0 unspecified atom stereocenters. The van der Waals surface area contributed by atoms with Crippen molar-refractivity contribution >= 4 is 16.5 Å². The maximum absolute atomic E-state index is 2.59. The van der Waals surface area contributed by atoms with E-state index in [0.29, 0.717) is 0 Å². The van der Waals surface area contributed by atoms with Crippen molar-refractivity contribution in [2.45, 2.75) is 77.8 Å². The first kappa shape index (κ1) is 17.6. The van der Waals surface area contributed by atoms with E-state index in [9.17, 15) is 0 Å². The summed E-state index contributed by atoms with van der Waals surface area (Å²) in [6.07, 6.45) is 9.52. The quantitative estimate of drug-likeness (QED) is 0.542. The fraction of sp³-hybridized carbons (Fsp3) is 0.750. The molecule has 0 saturated carbocycles. The van der Waals surface area contributed by atoms with Crippen molar-refractivity contribution in [2.24, 2.45) is 0 Å². The molecule has 0 saturated heterocycles. The molecule has 0 amide bonds. The van der Waals surface area contributed by atoms with Crippen LogP contribution in [0.25, 0.3) is 0 Å². The first-order chi connectivity index (χ1) is 9.57. The van der Waals surface area contributed by atoms with Crippen molar-refractivity contribution in [2.75, 3.05) is 0 Å². The van der Waals surface area contributed by atoms with Gasteiger partial charge < -0.3 is 9.13 Å². The molecule has 1 heterocycles. The largest absolute Gasteiger partial charge is 0.378 e. The van der Waals surface area contributed by atoms with Crippen LogP contribution >= 0.6 is 0 Å². The second-order valence-corrected chi connectivity index (χ2v) is 16.2. The van der Waals surface area contributed by atoms with Crippen molar-refractivity contribution in [3.63, 3.8) is 0 Å². The molecule has 0 aromatic rings. The Morgan fingerprint density at radius 2 is 0.700 bits per heavy atom. The van der Waals surface area contributed by atoms with E-state index in [0.717, 1.165) is 0 Å². The van der Waals surface area contributed by atoms with E-state index in [4.69, 9.17) is 0 Å². The van der Waals surface area contributed by atoms with Crippen LogP contribution in [0.1, 0.15) is 41.5 Å². The normalized spacial score (nSPS) is 16.1. The second kappa shape index (κ2) is 7.50. The van der Waals surface area contributed by atoms with E-state index >= 15 is 0 Å². The molecule has 0 N–H and O–H groups in total. The second-order valence-electron chi connectivity index (χ2n) is 5.98. The van der Waals surface area contributed by atoms with Crippen LogP contribution in [-0.2, 0) is 0 Å². The maximum atomic E-state index is 2.59. The van der Waals surface area contributed by atoms with Gasteiger partial charge in [-0.15, -0.1) is 0 Å². The summed E-state index contributed by atoms with van der Waals surface area (Å²) in [6, 6.07) is 8.04. The molecule has 1 aliphatic heterocycles. The highest BCUT2D eigenvalue weighted by Crippen LogP contribution is 2.31. The third-order valence-corrected chi connectivity index (χ3v) is 16.5. The van der Waals surface area contributed by atoms with Gasteiger partial charge >= 0.3 is 0 Å². The average Bonchev–Trinajstić information content (AvgIpc) is 2.53. The Hall–Kier alpha value is -0.486. The fourth-order valence-corrected chi connectivity index (χ4v) is 10.3. The zero-order chi connectivity index (χ0) is 15.2. The zero-order valence-electron chi connectivity index (χ0n) is 14.4. The van der Waals surface area contributed by atoms with Gasteiger partial charge in [-0.2, -0.15) is 0 Å². The molecule has 0 bridgehead atoms. The van der Waals surface area contributed by atoms with Gasteiger partial charge in [0.05, 0.1) is 0 Å². The zero-order valence-corrected chi connectivity index (χ0v) is 16.4. The molecule has 116 valence electrons. The van der Waals surface area contributed by atoms with Crippen molar-refractivity contribution in [3.8, 4) is 0 Å². The molecular weight excluding hydrogens is 276 g/mol. The molecule has 0 radical (unpaired) electrons. The van der Waals surface area contributed by atoms with Crippen LogP contribution in [0.5, 0.6) is 0 Å². The molecule has 1 aliphatic rings. The summed E-state index contributed by atoms with van der Waals surface area (Å²) in [5.41, 5.74) is 0. The minimum atomic E-state index is -1.29. The SMILES string of the molecule is CC[Si](CC)(CC)N1C=CN([Si](CC)(CC)CC)C=C1. The monoisotopic (exact) mass is 310 g/mol. The summed E-state index contributed by atoms with van der Waals surface area (Å²) in [7, 11) is -2.57. The highest BCUT2D eigenvalue weighted by Gasteiger charge is 2.36. The van der Waals surface area contributed by atoms with Gasteiger partial charge in [0.25, 0.3) is 0 Å². The third-order valence-electron chi connectivity index (χ3n) is 5.82. The first-order valence-electron chi connectivity index (χ1n) is 8.51.